The lowest BCUT2D eigenvalue weighted by atomic mass is 9.91. The van der Waals surface area contributed by atoms with Crippen LogP contribution < -0.4 is 15.0 Å². The van der Waals surface area contributed by atoms with E-state index < -0.39 is 0 Å². The van der Waals surface area contributed by atoms with Gasteiger partial charge in [0.05, 0.1) is 13.2 Å². The summed E-state index contributed by atoms with van der Waals surface area (Å²) in [6.45, 7) is 8.01. The first-order chi connectivity index (χ1) is 16.6. The van der Waals surface area contributed by atoms with Crippen molar-refractivity contribution in [1.82, 2.24) is 4.90 Å². The van der Waals surface area contributed by atoms with Crippen LogP contribution in [0.1, 0.15) is 56.0 Å². The second-order valence-electron chi connectivity index (χ2n) is 10.6. The molecule has 1 aliphatic heterocycles. The minimum atomic E-state index is -0.215. The van der Waals surface area contributed by atoms with Gasteiger partial charge < -0.3 is 24.6 Å². The molecular weight excluding hydrogens is 442 g/mol. The van der Waals surface area contributed by atoms with Crippen molar-refractivity contribution in [2.24, 2.45) is 5.41 Å². The van der Waals surface area contributed by atoms with E-state index in [2.05, 4.69) is 26.1 Å². The van der Waals surface area contributed by atoms with Gasteiger partial charge in [0.1, 0.15) is 5.75 Å². The Morgan fingerprint density at radius 1 is 1.14 bits per heavy atom. The van der Waals surface area contributed by atoms with Gasteiger partial charge in [-0.3, -0.25) is 9.59 Å². The molecule has 1 atom stereocenters. The highest BCUT2D eigenvalue weighted by Gasteiger charge is 2.27. The number of rotatable bonds is 9. The fraction of sp³-hybridized carbons (Fsp3) is 0.500. The van der Waals surface area contributed by atoms with Crippen molar-refractivity contribution >= 4 is 23.2 Å². The molecule has 1 N–H and O–H groups in total. The van der Waals surface area contributed by atoms with E-state index in [1.807, 2.05) is 42.1 Å². The maximum Gasteiger partial charge on any atom is 0.255 e. The van der Waals surface area contributed by atoms with Crippen LogP contribution in [0, 0.1) is 5.41 Å². The predicted octanol–water partition coefficient (Wildman–Crippen LogP) is 4.96. The molecule has 0 spiro atoms. The third-order valence-electron chi connectivity index (χ3n) is 5.99. The normalized spacial score (nSPS) is 15.5. The van der Waals surface area contributed by atoms with Crippen LogP contribution in [-0.2, 0) is 16.1 Å². The summed E-state index contributed by atoms with van der Waals surface area (Å²) in [5, 5.41) is 2.99. The summed E-state index contributed by atoms with van der Waals surface area (Å²) >= 11 is 0. The van der Waals surface area contributed by atoms with Gasteiger partial charge in [0.15, 0.2) is 0 Å². The van der Waals surface area contributed by atoms with Crippen LogP contribution in [-0.4, -0.2) is 57.2 Å². The Balaban J connectivity index is 1.85. The molecule has 7 nitrogen and oxygen atoms in total. The molecule has 2 amide bonds. The van der Waals surface area contributed by atoms with Crippen LogP contribution in [0.25, 0.3) is 0 Å². The summed E-state index contributed by atoms with van der Waals surface area (Å²) in [4.78, 5) is 30.1. The number of carbonyl (C=O) groups is 2. The molecule has 0 saturated carbocycles. The Bertz CT molecular complexity index is 1020. The molecule has 0 bridgehead atoms. The molecule has 1 saturated heterocycles. The predicted molar refractivity (Wildman–Crippen MR) is 140 cm³/mol. The van der Waals surface area contributed by atoms with Crippen molar-refractivity contribution in [3.63, 3.8) is 0 Å². The van der Waals surface area contributed by atoms with Crippen LogP contribution in [0.15, 0.2) is 42.5 Å². The molecule has 2 aromatic rings. The highest BCUT2D eigenvalue weighted by molar-refractivity contribution is 6.04. The second-order valence-corrected chi connectivity index (χ2v) is 10.6. The summed E-state index contributed by atoms with van der Waals surface area (Å²) in [6.07, 6.45) is 2.53. The molecule has 1 fully saturated rings. The van der Waals surface area contributed by atoms with E-state index in [-0.39, 0.29) is 23.3 Å². The Kier molecular flexibility index (Phi) is 8.78. The van der Waals surface area contributed by atoms with Crippen molar-refractivity contribution in [2.45, 2.75) is 52.7 Å². The summed E-state index contributed by atoms with van der Waals surface area (Å²) in [6, 6.07) is 12.9. The zero-order valence-electron chi connectivity index (χ0n) is 21.9. The molecule has 190 valence electrons. The van der Waals surface area contributed by atoms with Crippen LogP contribution in [0.4, 0.5) is 11.4 Å². The van der Waals surface area contributed by atoms with E-state index in [9.17, 15) is 9.59 Å². The molecule has 0 aromatic heterocycles. The third kappa shape index (κ3) is 7.72. The van der Waals surface area contributed by atoms with E-state index in [4.69, 9.17) is 9.47 Å². The summed E-state index contributed by atoms with van der Waals surface area (Å²) in [5.74, 6) is 0.527. The number of nitrogens with one attached hydrogen (secondary N) is 1. The first-order valence-electron chi connectivity index (χ1n) is 12.2. The average molecular weight is 482 g/mol. The minimum Gasteiger partial charge on any atom is -0.497 e. The van der Waals surface area contributed by atoms with Gasteiger partial charge in [-0.15, -0.1) is 0 Å². The number of carbonyl (C=O) groups excluding carboxylic acids is 2. The molecule has 1 heterocycles. The molecule has 0 aliphatic carbocycles. The van der Waals surface area contributed by atoms with Gasteiger partial charge in [-0.25, -0.2) is 0 Å². The molecule has 3 rings (SSSR count). The molecule has 35 heavy (non-hydrogen) atoms. The molecule has 7 heteroatoms. The fourth-order valence-electron chi connectivity index (χ4n) is 4.25. The second kappa shape index (κ2) is 11.6. The average Bonchev–Trinajstić information content (AvgIpc) is 3.30. The number of hydrogen-bond donors (Lipinski definition) is 1. The molecule has 1 unspecified atom stereocenters. The van der Waals surface area contributed by atoms with Gasteiger partial charge in [-0.2, -0.15) is 0 Å². The summed E-state index contributed by atoms with van der Waals surface area (Å²) < 4.78 is 11.1. The summed E-state index contributed by atoms with van der Waals surface area (Å²) in [5.41, 5.74) is 3.06. The highest BCUT2D eigenvalue weighted by atomic mass is 16.5. The quantitative estimate of drug-likeness (QED) is 0.548. The first-order valence-corrected chi connectivity index (χ1v) is 12.2. The molecule has 0 radical (unpaired) electrons. The Labute approximate surface area is 209 Å². The van der Waals surface area contributed by atoms with Gasteiger partial charge in [0.25, 0.3) is 5.91 Å². The Hall–Kier alpha value is -3.06. The van der Waals surface area contributed by atoms with Crippen molar-refractivity contribution in [1.29, 1.82) is 0 Å². The lowest BCUT2D eigenvalue weighted by Gasteiger charge is -2.30. The van der Waals surface area contributed by atoms with Crippen molar-refractivity contribution < 1.29 is 19.1 Å². The fourth-order valence-corrected chi connectivity index (χ4v) is 4.25. The molecule has 1 aliphatic rings. The largest absolute Gasteiger partial charge is 0.497 e. The SMILES string of the molecule is COc1cccc(C(=O)Nc2ccc(N(C)C)c(CN(CC3CCCO3)C(=O)CC(C)(C)C)c2)c1. The van der Waals surface area contributed by atoms with E-state index in [0.29, 0.717) is 36.5 Å². The number of hydrogen-bond acceptors (Lipinski definition) is 5. The monoisotopic (exact) mass is 481 g/mol. The van der Waals surface area contributed by atoms with Gasteiger partial charge in [0, 0.05) is 57.2 Å². The zero-order chi connectivity index (χ0) is 25.6. The minimum absolute atomic E-state index is 0.0673. The zero-order valence-corrected chi connectivity index (χ0v) is 21.9. The van der Waals surface area contributed by atoms with Crippen LogP contribution >= 0.6 is 0 Å². The number of benzene rings is 2. The number of amides is 2. The van der Waals surface area contributed by atoms with Crippen LogP contribution in [0.2, 0.25) is 0 Å². The lowest BCUT2D eigenvalue weighted by Crippen LogP contribution is -2.38. The number of methoxy groups -OCH3 is 1. The van der Waals surface area contributed by atoms with Gasteiger partial charge in [-0.05, 0) is 60.2 Å². The smallest absolute Gasteiger partial charge is 0.255 e. The lowest BCUT2D eigenvalue weighted by molar-refractivity contribution is -0.135. The third-order valence-corrected chi connectivity index (χ3v) is 5.99. The molecular formula is C28H39N3O4. The van der Waals surface area contributed by atoms with Crippen molar-refractivity contribution in [2.75, 3.05) is 44.6 Å². The number of nitrogens with zero attached hydrogens (tertiary/aromatic N) is 2. The number of anilines is 2. The van der Waals surface area contributed by atoms with E-state index in [0.717, 1.165) is 30.7 Å². The maximum absolute atomic E-state index is 13.3. The summed E-state index contributed by atoms with van der Waals surface area (Å²) in [7, 11) is 5.54. The van der Waals surface area contributed by atoms with Crippen LogP contribution in [0.5, 0.6) is 5.75 Å². The topological polar surface area (TPSA) is 71.1 Å². The Morgan fingerprint density at radius 3 is 2.54 bits per heavy atom. The standard InChI is InChI=1S/C28H39N3O4/c1-28(2,3)17-26(32)31(19-24-11-8-14-35-24)18-21-15-22(12-13-25(21)30(4)5)29-27(33)20-9-7-10-23(16-20)34-6/h7,9-10,12-13,15-16,24H,8,11,14,17-19H2,1-6H3,(H,29,33). The maximum atomic E-state index is 13.3. The van der Waals surface area contributed by atoms with Crippen LogP contribution in [0.3, 0.4) is 0 Å². The van der Waals surface area contributed by atoms with E-state index >= 15 is 0 Å². The van der Waals surface area contributed by atoms with E-state index in [1.165, 1.54) is 0 Å². The first kappa shape index (κ1) is 26.5. The van der Waals surface area contributed by atoms with Gasteiger partial charge in [-0.1, -0.05) is 26.8 Å². The highest BCUT2D eigenvalue weighted by Crippen LogP contribution is 2.28. The van der Waals surface area contributed by atoms with Gasteiger partial charge in [0.2, 0.25) is 5.91 Å². The van der Waals surface area contributed by atoms with Crippen molar-refractivity contribution in [3.8, 4) is 5.75 Å². The number of ether oxygens (including phenoxy) is 2. The van der Waals surface area contributed by atoms with E-state index in [1.54, 1.807) is 31.4 Å². The molecule has 2 aromatic carbocycles. The Morgan fingerprint density at radius 2 is 1.91 bits per heavy atom. The van der Waals surface area contributed by atoms with Crippen molar-refractivity contribution in [3.05, 3.63) is 53.6 Å². The van der Waals surface area contributed by atoms with Gasteiger partial charge >= 0.3 is 0 Å².